The van der Waals surface area contributed by atoms with Gasteiger partial charge in [0.1, 0.15) is 11.6 Å². The molecule has 1 aromatic carbocycles. The van der Waals surface area contributed by atoms with Crippen molar-refractivity contribution in [3.63, 3.8) is 0 Å². The lowest BCUT2D eigenvalue weighted by atomic mass is 9.64. The lowest BCUT2D eigenvalue weighted by Crippen LogP contribution is -2.44. The number of nitrogens with two attached hydrogens (primary N) is 1. The smallest absolute Gasteiger partial charge is 0.184 e. The van der Waals surface area contributed by atoms with Gasteiger partial charge in [-0.25, -0.2) is 4.99 Å². The molecule has 1 heterocycles. The number of amidine groups is 1. The molecule has 1 aromatic rings. The topological polar surface area (TPSA) is 69.2 Å². The van der Waals surface area contributed by atoms with Crippen LogP contribution in [-0.4, -0.2) is 38.0 Å². The molecule has 1 saturated carbocycles. The molecule has 1 aliphatic carbocycles. The second-order valence-corrected chi connectivity index (χ2v) is 8.23. The second-order valence-electron chi connectivity index (χ2n) is 8.23. The van der Waals surface area contributed by atoms with E-state index in [2.05, 4.69) is 13.8 Å². The first kappa shape index (κ1) is 20.8. The van der Waals surface area contributed by atoms with Gasteiger partial charge in [-0.2, -0.15) is 0 Å². The van der Waals surface area contributed by atoms with E-state index in [0.717, 1.165) is 48.3 Å². The van der Waals surface area contributed by atoms with E-state index in [9.17, 15) is 4.39 Å². The third-order valence-electron chi connectivity index (χ3n) is 6.32. The average molecular weight is 390 g/mol. The van der Waals surface area contributed by atoms with Gasteiger partial charge in [0.15, 0.2) is 5.66 Å². The Morgan fingerprint density at radius 2 is 1.93 bits per heavy atom. The lowest BCUT2D eigenvalue weighted by Gasteiger charge is -2.47. The SMILES string of the molecule is COC1CCC(C)(C2(c3cc(OCCCF)ccc3C)N=C(C)C(N)=N2)CC1. The van der Waals surface area contributed by atoms with Gasteiger partial charge >= 0.3 is 0 Å². The highest BCUT2D eigenvalue weighted by atomic mass is 19.1. The third kappa shape index (κ3) is 3.66. The Hall–Kier alpha value is -1.95. The maximum absolute atomic E-state index is 12.4. The van der Waals surface area contributed by atoms with Crippen molar-refractivity contribution in [3.05, 3.63) is 29.3 Å². The molecule has 2 N–H and O–H groups in total. The fourth-order valence-electron chi connectivity index (χ4n) is 4.42. The molecule has 0 aromatic heterocycles. The van der Waals surface area contributed by atoms with E-state index in [4.69, 9.17) is 25.2 Å². The van der Waals surface area contributed by atoms with Crippen molar-refractivity contribution in [3.8, 4) is 5.75 Å². The van der Waals surface area contributed by atoms with Crippen LogP contribution in [0.2, 0.25) is 0 Å². The Kier molecular flexibility index (Phi) is 6.08. The third-order valence-corrected chi connectivity index (χ3v) is 6.32. The van der Waals surface area contributed by atoms with Crippen molar-refractivity contribution in [1.82, 2.24) is 0 Å². The van der Waals surface area contributed by atoms with Crippen LogP contribution < -0.4 is 10.5 Å². The average Bonchev–Trinajstić information content (AvgIpc) is 3.00. The molecule has 0 radical (unpaired) electrons. The summed E-state index contributed by atoms with van der Waals surface area (Å²) in [5.74, 6) is 1.22. The Balaban J connectivity index is 2.04. The summed E-state index contributed by atoms with van der Waals surface area (Å²) in [6, 6.07) is 5.97. The van der Waals surface area contributed by atoms with Gasteiger partial charge in [-0.3, -0.25) is 9.38 Å². The molecule has 0 amide bonds. The maximum atomic E-state index is 12.4. The number of alkyl halides is 1. The maximum Gasteiger partial charge on any atom is 0.184 e. The molecule has 6 heteroatoms. The minimum Gasteiger partial charge on any atom is -0.493 e. The summed E-state index contributed by atoms with van der Waals surface area (Å²) in [7, 11) is 1.78. The Bertz CT molecular complexity index is 749. The number of halogens is 1. The van der Waals surface area contributed by atoms with E-state index < -0.39 is 5.66 Å². The molecule has 0 bridgehead atoms. The predicted octanol–water partition coefficient (Wildman–Crippen LogP) is 4.31. The first-order valence-electron chi connectivity index (χ1n) is 10.1. The number of aliphatic imine (C=N–C) groups is 2. The summed E-state index contributed by atoms with van der Waals surface area (Å²) < 4.78 is 23.8. The van der Waals surface area contributed by atoms with Crippen molar-refractivity contribution < 1.29 is 13.9 Å². The zero-order chi connectivity index (χ0) is 20.4. The van der Waals surface area contributed by atoms with E-state index >= 15 is 0 Å². The van der Waals surface area contributed by atoms with E-state index in [-0.39, 0.29) is 18.2 Å². The molecule has 0 spiro atoms. The molecule has 5 nitrogen and oxygen atoms in total. The first-order chi connectivity index (χ1) is 13.3. The minimum atomic E-state index is -0.760. The number of hydrogen-bond donors (Lipinski definition) is 1. The summed E-state index contributed by atoms with van der Waals surface area (Å²) in [5, 5.41) is 0. The van der Waals surface area contributed by atoms with Crippen molar-refractivity contribution in [2.45, 2.75) is 64.6 Å². The highest BCUT2D eigenvalue weighted by molar-refractivity contribution is 6.41. The number of nitrogens with zero attached hydrogens (tertiary/aromatic N) is 2. The number of methoxy groups -OCH3 is 1. The Labute approximate surface area is 167 Å². The van der Waals surface area contributed by atoms with Gasteiger partial charge in [0, 0.05) is 24.5 Å². The fourth-order valence-corrected chi connectivity index (χ4v) is 4.42. The molecule has 2 aliphatic rings. The molecular formula is C22H32FN3O2. The van der Waals surface area contributed by atoms with Crippen molar-refractivity contribution in [2.75, 3.05) is 20.4 Å². The van der Waals surface area contributed by atoms with E-state index in [0.29, 0.717) is 18.9 Å². The van der Waals surface area contributed by atoms with E-state index in [1.807, 2.05) is 25.1 Å². The van der Waals surface area contributed by atoms with Gasteiger partial charge in [0.2, 0.25) is 0 Å². The molecule has 1 fully saturated rings. The van der Waals surface area contributed by atoms with Gasteiger partial charge in [0.05, 0.1) is 25.1 Å². The number of ether oxygens (including phenoxy) is 2. The van der Waals surface area contributed by atoms with Crippen LogP contribution in [0.4, 0.5) is 4.39 Å². The molecular weight excluding hydrogens is 357 g/mol. The van der Waals surface area contributed by atoms with Gasteiger partial charge < -0.3 is 15.2 Å². The Morgan fingerprint density at radius 3 is 2.50 bits per heavy atom. The van der Waals surface area contributed by atoms with Gasteiger partial charge in [-0.05, 0) is 57.2 Å². The van der Waals surface area contributed by atoms with Crippen LogP contribution in [0, 0.1) is 12.3 Å². The molecule has 154 valence electrons. The van der Waals surface area contributed by atoms with Gasteiger partial charge in [-0.1, -0.05) is 13.0 Å². The second kappa shape index (κ2) is 8.19. The molecule has 1 atom stereocenters. The van der Waals surface area contributed by atoms with Gasteiger partial charge in [0.25, 0.3) is 0 Å². The van der Waals surface area contributed by atoms with Crippen LogP contribution >= 0.6 is 0 Å². The highest BCUT2D eigenvalue weighted by Gasteiger charge is 2.54. The van der Waals surface area contributed by atoms with Crippen LogP contribution in [0.25, 0.3) is 0 Å². The van der Waals surface area contributed by atoms with E-state index in [1.165, 1.54) is 0 Å². The normalized spacial score (nSPS) is 30.1. The van der Waals surface area contributed by atoms with Crippen molar-refractivity contribution in [2.24, 2.45) is 21.1 Å². The van der Waals surface area contributed by atoms with Crippen LogP contribution in [-0.2, 0) is 10.4 Å². The Morgan fingerprint density at radius 1 is 1.21 bits per heavy atom. The number of benzene rings is 1. The number of aryl methyl sites for hydroxylation is 1. The highest BCUT2D eigenvalue weighted by Crippen LogP contribution is 2.55. The standard InChI is InChI=1S/C22H32FN3O2/c1-15-6-7-18(28-13-5-12-23)14-19(15)22(25-16(2)20(24)26-22)21(3)10-8-17(27-4)9-11-21/h6-7,14,17H,5,8-13H2,1-4H3,(H2,24,26). The fraction of sp³-hybridized carbons (Fsp3) is 0.636. The molecule has 1 aliphatic heterocycles. The quantitative estimate of drug-likeness (QED) is 0.707. The zero-order valence-corrected chi connectivity index (χ0v) is 17.4. The molecule has 28 heavy (non-hydrogen) atoms. The number of rotatable bonds is 7. The van der Waals surface area contributed by atoms with Crippen LogP contribution in [0.5, 0.6) is 5.75 Å². The van der Waals surface area contributed by atoms with Crippen LogP contribution in [0.3, 0.4) is 0 Å². The van der Waals surface area contributed by atoms with E-state index in [1.54, 1.807) is 7.11 Å². The number of hydrogen-bond acceptors (Lipinski definition) is 5. The summed E-state index contributed by atoms with van der Waals surface area (Å²) >= 11 is 0. The van der Waals surface area contributed by atoms with Gasteiger partial charge in [-0.15, -0.1) is 0 Å². The summed E-state index contributed by atoms with van der Waals surface area (Å²) in [6.45, 7) is 6.22. The van der Waals surface area contributed by atoms with Crippen molar-refractivity contribution in [1.29, 1.82) is 0 Å². The largest absolute Gasteiger partial charge is 0.493 e. The minimum absolute atomic E-state index is 0.174. The van der Waals surface area contributed by atoms with Crippen molar-refractivity contribution >= 4 is 11.5 Å². The lowest BCUT2D eigenvalue weighted by molar-refractivity contribution is 0.00113. The van der Waals surface area contributed by atoms with Crippen LogP contribution in [0.1, 0.15) is 57.1 Å². The first-order valence-corrected chi connectivity index (χ1v) is 10.1. The summed E-state index contributed by atoms with van der Waals surface area (Å²) in [6.07, 6.45) is 4.52. The van der Waals surface area contributed by atoms with Crippen LogP contribution in [0.15, 0.2) is 28.2 Å². The predicted molar refractivity (Wildman–Crippen MR) is 111 cm³/mol. The summed E-state index contributed by atoms with van der Waals surface area (Å²) in [5.41, 5.74) is 8.18. The zero-order valence-electron chi connectivity index (χ0n) is 17.4. The molecule has 3 rings (SSSR count). The molecule has 1 unspecified atom stereocenters. The summed E-state index contributed by atoms with van der Waals surface area (Å²) in [4.78, 5) is 10.00. The molecule has 0 saturated heterocycles. The monoisotopic (exact) mass is 389 g/mol.